The van der Waals surface area contributed by atoms with Crippen molar-refractivity contribution < 1.29 is 0 Å². The molecule has 2 heterocycles. The summed E-state index contributed by atoms with van der Waals surface area (Å²) in [5, 5.41) is 5.11. The first kappa shape index (κ1) is 51.6. The first-order valence-corrected chi connectivity index (χ1v) is 31.1. The van der Waals surface area contributed by atoms with Crippen molar-refractivity contribution in [1.82, 2.24) is 9.13 Å². The monoisotopic (exact) mass is 1120 g/mol. The minimum atomic E-state index is -0.183. The largest absolute Gasteiger partial charge is 0.309 e. The van der Waals surface area contributed by atoms with E-state index in [1.54, 1.807) is 0 Å². The van der Waals surface area contributed by atoms with Gasteiger partial charge in [-0.25, -0.2) is 0 Å². The Kier molecular flexibility index (Phi) is 10.8. The van der Waals surface area contributed by atoms with Gasteiger partial charge in [-0.15, -0.1) is 0 Å². The molecule has 14 aromatic rings. The van der Waals surface area contributed by atoms with E-state index in [0.29, 0.717) is 0 Å². The van der Waals surface area contributed by atoms with Crippen LogP contribution in [0.3, 0.4) is 0 Å². The van der Waals surface area contributed by atoms with Gasteiger partial charge in [0.2, 0.25) is 0 Å². The van der Waals surface area contributed by atoms with Gasteiger partial charge in [-0.2, -0.15) is 0 Å². The number of rotatable bonds is 6. The van der Waals surface area contributed by atoms with E-state index in [1.165, 1.54) is 189 Å². The average Bonchev–Trinajstić information content (AvgIpc) is 1.72. The van der Waals surface area contributed by atoms with E-state index in [4.69, 9.17) is 0 Å². The number of fused-ring (bicyclic) bond motifs is 15. The molecule has 87 heavy (non-hydrogen) atoms. The SMILES string of the molecule is Cc1cc(C)cc(-n2c3ccccc3c3cc(-c4ccc5c(c4)C(C)(C)c4cc(-c6ccc7c(c6)C(C)(C)c6cc(-c8ccc9c(c8)C(C)(C)c8cc(-c%10ccc%11c(c%10)c%10ccccc%10n%11-c%10cc(C)cc(C)c%10)ccc8-9)ccc6-7)ccc4-5)ccc32)c1. The predicted octanol–water partition coefficient (Wildman–Crippen LogP) is 22.7. The van der Waals surface area contributed by atoms with E-state index in [2.05, 4.69) is 309 Å². The third-order valence-electron chi connectivity index (χ3n) is 20.6. The van der Waals surface area contributed by atoms with Crippen LogP contribution in [-0.4, -0.2) is 9.13 Å². The fourth-order valence-electron chi connectivity index (χ4n) is 16.3. The minimum Gasteiger partial charge on any atom is -0.309 e. The van der Waals surface area contributed by atoms with Gasteiger partial charge in [-0.05, 0) is 258 Å². The summed E-state index contributed by atoms with van der Waals surface area (Å²) in [6.07, 6.45) is 0. The molecule has 0 fully saturated rings. The summed E-state index contributed by atoms with van der Waals surface area (Å²) in [6.45, 7) is 23.3. The molecular formula is C85H68N2. The molecule has 3 aliphatic rings. The molecule has 3 aliphatic carbocycles. The van der Waals surface area contributed by atoms with Crippen LogP contribution >= 0.6 is 0 Å². The summed E-state index contributed by atoms with van der Waals surface area (Å²) >= 11 is 0. The number of aromatic nitrogens is 2. The second-order valence-corrected chi connectivity index (χ2v) is 27.3. The summed E-state index contributed by atoms with van der Waals surface area (Å²) in [6, 6.07) is 88.8. The molecule has 418 valence electrons. The van der Waals surface area contributed by atoms with Crippen LogP contribution in [0.4, 0.5) is 0 Å². The summed E-state index contributed by atoms with van der Waals surface area (Å²) < 4.78 is 4.87. The molecule has 2 aromatic heterocycles. The molecule has 0 amide bonds. The smallest absolute Gasteiger partial charge is 0.0541 e. The zero-order valence-electron chi connectivity index (χ0n) is 51.3. The van der Waals surface area contributed by atoms with Crippen LogP contribution in [0.1, 0.15) is 97.2 Å². The van der Waals surface area contributed by atoms with Crippen molar-refractivity contribution in [3.8, 4) is 89.3 Å². The number of hydrogen-bond acceptors (Lipinski definition) is 0. The molecule has 12 aromatic carbocycles. The van der Waals surface area contributed by atoms with E-state index in [-0.39, 0.29) is 16.2 Å². The molecule has 2 heteroatoms. The molecule has 0 atom stereocenters. The highest BCUT2D eigenvalue weighted by atomic mass is 15.0. The topological polar surface area (TPSA) is 9.86 Å². The number of hydrogen-bond donors (Lipinski definition) is 0. The first-order valence-electron chi connectivity index (χ1n) is 31.1. The third-order valence-corrected chi connectivity index (χ3v) is 20.6. The predicted molar refractivity (Wildman–Crippen MR) is 369 cm³/mol. The van der Waals surface area contributed by atoms with Gasteiger partial charge in [0.1, 0.15) is 0 Å². The first-order chi connectivity index (χ1) is 42.0. The summed E-state index contributed by atoms with van der Waals surface area (Å²) in [5.41, 5.74) is 38.3. The zero-order valence-corrected chi connectivity index (χ0v) is 51.3. The van der Waals surface area contributed by atoms with Crippen LogP contribution in [0.2, 0.25) is 0 Å². The van der Waals surface area contributed by atoms with Gasteiger partial charge in [0, 0.05) is 49.2 Å². The lowest BCUT2D eigenvalue weighted by Crippen LogP contribution is -2.16. The molecule has 0 radical (unpaired) electrons. The Labute approximate surface area is 510 Å². The van der Waals surface area contributed by atoms with Gasteiger partial charge in [0.15, 0.2) is 0 Å². The summed E-state index contributed by atoms with van der Waals surface area (Å²) in [7, 11) is 0. The molecule has 0 saturated heterocycles. The zero-order chi connectivity index (χ0) is 59.2. The Bertz CT molecular complexity index is 4980. The van der Waals surface area contributed by atoms with E-state index >= 15 is 0 Å². The van der Waals surface area contributed by atoms with Crippen LogP contribution in [0.5, 0.6) is 0 Å². The fraction of sp³-hybridized carbons (Fsp3) is 0.153. The Morgan fingerprint density at radius 3 is 0.724 bits per heavy atom. The Morgan fingerprint density at radius 1 is 0.218 bits per heavy atom. The highest BCUT2D eigenvalue weighted by Crippen LogP contribution is 2.55. The highest BCUT2D eigenvalue weighted by molar-refractivity contribution is 6.12. The van der Waals surface area contributed by atoms with Crippen molar-refractivity contribution in [1.29, 1.82) is 0 Å². The number of aryl methyl sites for hydroxylation is 4. The van der Waals surface area contributed by atoms with Gasteiger partial charge in [0.25, 0.3) is 0 Å². The van der Waals surface area contributed by atoms with Crippen molar-refractivity contribution in [3.05, 3.63) is 286 Å². The normalized spacial score (nSPS) is 14.6. The van der Waals surface area contributed by atoms with E-state index in [0.717, 1.165) is 0 Å². The second-order valence-electron chi connectivity index (χ2n) is 27.3. The maximum Gasteiger partial charge on any atom is 0.0541 e. The summed E-state index contributed by atoms with van der Waals surface area (Å²) in [5.74, 6) is 0. The van der Waals surface area contributed by atoms with Crippen LogP contribution < -0.4 is 0 Å². The second kappa shape index (κ2) is 18.1. The maximum atomic E-state index is 2.49. The number of nitrogens with zero attached hydrogens (tertiary/aromatic N) is 2. The molecule has 17 rings (SSSR count). The van der Waals surface area contributed by atoms with Crippen LogP contribution in [0, 0.1) is 27.7 Å². The standard InChI is InChI=1S/C85H68N2/c1-49-35-50(2)38-61(37-49)86-79-17-13-11-15-69(79)71-41-53(25-33-81(71)86)55-19-27-63-65-29-21-57(45-75(65)83(5,6)73(63)43-55)59-23-31-67-68-32-24-60(48-78(68)85(9,10)77(67)47-59)58-22-30-66-64-28-20-56(44-74(64)84(7,8)76(66)46-58)54-26-34-82-72(42-54)70-16-12-14-18-80(70)87(82)62-39-51(3)36-52(4)40-62/h11-48H,1-10H3. The Morgan fingerprint density at radius 2 is 0.448 bits per heavy atom. The van der Waals surface area contributed by atoms with Crippen molar-refractivity contribution in [2.24, 2.45) is 0 Å². The van der Waals surface area contributed by atoms with Gasteiger partial charge in [-0.3, -0.25) is 0 Å². The van der Waals surface area contributed by atoms with Gasteiger partial charge >= 0.3 is 0 Å². The molecular weight excluding hydrogens is 1050 g/mol. The minimum absolute atomic E-state index is 0.178. The van der Waals surface area contributed by atoms with Crippen molar-refractivity contribution >= 4 is 43.6 Å². The molecule has 0 spiro atoms. The van der Waals surface area contributed by atoms with E-state index < -0.39 is 0 Å². The lowest BCUT2D eigenvalue weighted by atomic mass is 9.79. The van der Waals surface area contributed by atoms with Gasteiger partial charge < -0.3 is 9.13 Å². The number of benzene rings is 12. The average molecular weight is 1120 g/mol. The van der Waals surface area contributed by atoms with Crippen LogP contribution in [-0.2, 0) is 16.2 Å². The summed E-state index contributed by atoms with van der Waals surface area (Å²) in [4.78, 5) is 0. The van der Waals surface area contributed by atoms with Crippen LogP contribution in [0.25, 0.3) is 133 Å². The van der Waals surface area contributed by atoms with Gasteiger partial charge in [0.05, 0.1) is 22.1 Å². The molecule has 0 bridgehead atoms. The maximum absolute atomic E-state index is 2.49. The Hall–Kier alpha value is -9.76. The van der Waals surface area contributed by atoms with E-state index in [1.807, 2.05) is 0 Å². The lowest BCUT2D eigenvalue weighted by Gasteiger charge is -2.24. The molecule has 0 N–H and O–H groups in total. The quantitative estimate of drug-likeness (QED) is 0.157. The molecule has 2 nitrogen and oxygen atoms in total. The van der Waals surface area contributed by atoms with Gasteiger partial charge in [-0.1, -0.05) is 175 Å². The van der Waals surface area contributed by atoms with Crippen molar-refractivity contribution in [3.63, 3.8) is 0 Å². The lowest BCUT2D eigenvalue weighted by molar-refractivity contribution is 0.659. The fourth-order valence-corrected chi connectivity index (χ4v) is 16.3. The molecule has 0 saturated carbocycles. The Balaban J connectivity index is 0.652. The van der Waals surface area contributed by atoms with Crippen molar-refractivity contribution in [2.45, 2.75) is 85.5 Å². The molecule has 0 aliphatic heterocycles. The van der Waals surface area contributed by atoms with Crippen LogP contribution in [0.15, 0.2) is 231 Å². The molecule has 0 unspecified atom stereocenters. The third kappa shape index (κ3) is 7.53. The highest BCUT2D eigenvalue weighted by Gasteiger charge is 2.40. The number of para-hydroxylation sites is 2. The van der Waals surface area contributed by atoms with E-state index in [9.17, 15) is 0 Å². The van der Waals surface area contributed by atoms with Crippen molar-refractivity contribution in [2.75, 3.05) is 0 Å².